The van der Waals surface area contributed by atoms with Crippen LogP contribution in [0.1, 0.15) is 12.0 Å². The minimum atomic E-state index is -0.378. The van der Waals surface area contributed by atoms with E-state index in [0.29, 0.717) is 36.8 Å². The maximum Gasteiger partial charge on any atom is 0.141 e. The quantitative estimate of drug-likeness (QED) is 0.764. The van der Waals surface area contributed by atoms with Crippen molar-refractivity contribution >= 4 is 11.6 Å². The Morgan fingerprint density at radius 2 is 2.20 bits per heavy atom. The zero-order valence-corrected chi connectivity index (χ0v) is 9.27. The third kappa shape index (κ3) is 3.68. The van der Waals surface area contributed by atoms with Crippen molar-refractivity contribution in [1.29, 1.82) is 0 Å². The smallest absolute Gasteiger partial charge is 0.141 e. The van der Waals surface area contributed by atoms with Crippen molar-refractivity contribution in [2.45, 2.75) is 12.8 Å². The highest BCUT2D eigenvalue weighted by atomic mass is 35.5. The highest BCUT2D eigenvalue weighted by molar-refractivity contribution is 6.32. The number of rotatable bonds is 6. The molecular formula is C11H15ClFNO. The lowest BCUT2D eigenvalue weighted by Gasteiger charge is -2.11. The Balaban J connectivity index is 2.72. The van der Waals surface area contributed by atoms with Crippen LogP contribution < -0.4 is 10.5 Å². The molecule has 0 saturated heterocycles. The van der Waals surface area contributed by atoms with Crippen molar-refractivity contribution in [3.05, 3.63) is 28.8 Å². The molecule has 15 heavy (non-hydrogen) atoms. The van der Waals surface area contributed by atoms with E-state index < -0.39 is 0 Å². The number of nitrogens with two attached hydrogens (primary N) is 1. The van der Waals surface area contributed by atoms with Crippen molar-refractivity contribution in [3.8, 4) is 5.75 Å². The maximum absolute atomic E-state index is 11.9. The Morgan fingerprint density at radius 1 is 1.40 bits per heavy atom. The van der Waals surface area contributed by atoms with Gasteiger partial charge in [0, 0.05) is 6.42 Å². The van der Waals surface area contributed by atoms with Gasteiger partial charge in [0.25, 0.3) is 0 Å². The van der Waals surface area contributed by atoms with Gasteiger partial charge >= 0.3 is 0 Å². The van der Waals surface area contributed by atoms with Gasteiger partial charge in [0.05, 0.1) is 18.3 Å². The van der Waals surface area contributed by atoms with E-state index in [1.807, 2.05) is 12.1 Å². The molecule has 0 heterocycles. The first-order valence-electron chi connectivity index (χ1n) is 4.95. The van der Waals surface area contributed by atoms with E-state index in [4.69, 9.17) is 22.1 Å². The van der Waals surface area contributed by atoms with Gasteiger partial charge in [0.15, 0.2) is 0 Å². The van der Waals surface area contributed by atoms with Crippen LogP contribution in [0, 0.1) is 0 Å². The first-order valence-corrected chi connectivity index (χ1v) is 5.33. The molecule has 0 spiro atoms. The zero-order valence-electron chi connectivity index (χ0n) is 8.51. The minimum Gasteiger partial charge on any atom is -0.492 e. The number of hydrogen-bond donors (Lipinski definition) is 1. The van der Waals surface area contributed by atoms with Crippen LogP contribution in [-0.4, -0.2) is 19.8 Å². The lowest BCUT2D eigenvalue weighted by molar-refractivity contribution is 0.287. The molecule has 0 aliphatic carbocycles. The molecule has 1 aromatic carbocycles. The summed E-state index contributed by atoms with van der Waals surface area (Å²) in [6, 6.07) is 5.53. The molecule has 0 aliphatic rings. The van der Waals surface area contributed by atoms with Gasteiger partial charge in [-0.15, -0.1) is 0 Å². The number of benzene rings is 1. The van der Waals surface area contributed by atoms with Crippen LogP contribution in [0.4, 0.5) is 4.39 Å². The summed E-state index contributed by atoms with van der Waals surface area (Å²) in [5, 5.41) is 0.555. The fourth-order valence-electron chi connectivity index (χ4n) is 1.30. The predicted molar refractivity (Wildman–Crippen MR) is 60.3 cm³/mol. The molecule has 2 N–H and O–H groups in total. The molecule has 0 saturated carbocycles. The summed E-state index contributed by atoms with van der Waals surface area (Å²) in [4.78, 5) is 0. The molecule has 0 atom stereocenters. The number of hydrogen-bond acceptors (Lipinski definition) is 2. The maximum atomic E-state index is 11.9. The Hall–Kier alpha value is -0.800. The van der Waals surface area contributed by atoms with E-state index in [1.165, 1.54) is 0 Å². The average Bonchev–Trinajstić information content (AvgIpc) is 2.23. The van der Waals surface area contributed by atoms with Crippen LogP contribution >= 0.6 is 11.6 Å². The highest BCUT2D eigenvalue weighted by Crippen LogP contribution is 2.28. The number of halogens is 2. The fraction of sp³-hybridized carbons (Fsp3) is 0.455. The lowest BCUT2D eigenvalue weighted by Crippen LogP contribution is -2.06. The van der Waals surface area contributed by atoms with Crippen molar-refractivity contribution in [3.63, 3.8) is 0 Å². The van der Waals surface area contributed by atoms with Crippen molar-refractivity contribution in [1.82, 2.24) is 0 Å². The normalized spacial score (nSPS) is 10.3. The first-order chi connectivity index (χ1) is 7.29. The molecule has 2 nitrogen and oxygen atoms in total. The number of alkyl halides is 1. The van der Waals surface area contributed by atoms with Crippen LogP contribution in [0.5, 0.6) is 5.75 Å². The van der Waals surface area contributed by atoms with Gasteiger partial charge < -0.3 is 10.5 Å². The third-order valence-electron chi connectivity index (χ3n) is 1.99. The van der Waals surface area contributed by atoms with E-state index in [0.717, 1.165) is 5.56 Å². The second kappa shape index (κ2) is 6.64. The van der Waals surface area contributed by atoms with Gasteiger partial charge in [-0.2, -0.15) is 0 Å². The molecule has 0 amide bonds. The van der Waals surface area contributed by atoms with Crippen LogP contribution in [-0.2, 0) is 6.42 Å². The minimum absolute atomic E-state index is 0.345. The highest BCUT2D eigenvalue weighted by Gasteiger charge is 2.07. The Kier molecular flexibility index (Phi) is 5.43. The van der Waals surface area contributed by atoms with Gasteiger partial charge in [-0.3, -0.25) is 4.39 Å². The summed E-state index contributed by atoms with van der Waals surface area (Å²) >= 11 is 5.98. The molecule has 0 aliphatic heterocycles. The van der Waals surface area contributed by atoms with E-state index in [1.54, 1.807) is 6.07 Å². The lowest BCUT2D eigenvalue weighted by atomic mass is 10.1. The number of para-hydroxylation sites is 1. The van der Waals surface area contributed by atoms with Crippen LogP contribution in [0.2, 0.25) is 5.02 Å². The van der Waals surface area contributed by atoms with Gasteiger partial charge in [-0.1, -0.05) is 23.7 Å². The van der Waals surface area contributed by atoms with E-state index in [-0.39, 0.29) is 6.67 Å². The molecule has 1 aromatic rings. The molecular weight excluding hydrogens is 217 g/mol. The van der Waals surface area contributed by atoms with Gasteiger partial charge in [-0.05, 0) is 24.6 Å². The summed E-state index contributed by atoms with van der Waals surface area (Å²) < 4.78 is 17.3. The van der Waals surface area contributed by atoms with E-state index in [2.05, 4.69) is 0 Å². The molecule has 0 unspecified atom stereocenters. The molecule has 0 aromatic heterocycles. The second-order valence-corrected chi connectivity index (χ2v) is 3.56. The van der Waals surface area contributed by atoms with Crippen molar-refractivity contribution in [2.24, 2.45) is 5.73 Å². The topological polar surface area (TPSA) is 35.2 Å². The molecule has 4 heteroatoms. The SMILES string of the molecule is NCCc1cccc(Cl)c1OCCCF. The Bertz CT molecular complexity index is 307. The Morgan fingerprint density at radius 3 is 2.87 bits per heavy atom. The Labute approximate surface area is 94.2 Å². The van der Waals surface area contributed by atoms with Crippen LogP contribution in [0.25, 0.3) is 0 Å². The fourth-order valence-corrected chi connectivity index (χ4v) is 1.54. The average molecular weight is 232 g/mol. The monoisotopic (exact) mass is 231 g/mol. The van der Waals surface area contributed by atoms with Gasteiger partial charge in [0.1, 0.15) is 5.75 Å². The first kappa shape index (κ1) is 12.3. The zero-order chi connectivity index (χ0) is 11.1. The molecule has 0 fully saturated rings. The predicted octanol–water partition coefficient (Wildman–Crippen LogP) is 2.58. The van der Waals surface area contributed by atoms with Gasteiger partial charge in [0.2, 0.25) is 0 Å². The molecule has 0 radical (unpaired) electrons. The van der Waals surface area contributed by atoms with Crippen LogP contribution in [0.15, 0.2) is 18.2 Å². The largest absolute Gasteiger partial charge is 0.492 e. The third-order valence-corrected chi connectivity index (χ3v) is 2.28. The van der Waals surface area contributed by atoms with Crippen molar-refractivity contribution in [2.75, 3.05) is 19.8 Å². The van der Waals surface area contributed by atoms with Crippen LogP contribution in [0.3, 0.4) is 0 Å². The summed E-state index contributed by atoms with van der Waals surface area (Å²) in [7, 11) is 0. The summed E-state index contributed by atoms with van der Waals surface area (Å²) in [6.45, 7) is 0.508. The summed E-state index contributed by atoms with van der Waals surface area (Å²) in [6.07, 6.45) is 1.10. The molecule has 84 valence electrons. The molecule has 0 bridgehead atoms. The second-order valence-electron chi connectivity index (χ2n) is 3.16. The van der Waals surface area contributed by atoms with E-state index >= 15 is 0 Å². The van der Waals surface area contributed by atoms with Gasteiger partial charge in [-0.25, -0.2) is 0 Å². The van der Waals surface area contributed by atoms with E-state index in [9.17, 15) is 4.39 Å². The summed E-state index contributed by atoms with van der Waals surface area (Å²) in [5.74, 6) is 0.637. The summed E-state index contributed by atoms with van der Waals surface area (Å²) in [5.41, 5.74) is 6.45. The number of ether oxygens (including phenoxy) is 1. The molecule has 1 rings (SSSR count). The van der Waals surface area contributed by atoms with Crippen molar-refractivity contribution < 1.29 is 9.13 Å². The standard InChI is InChI=1S/C11H15ClFNO/c12-10-4-1-3-9(5-7-14)11(10)15-8-2-6-13/h1,3-4H,2,5-8,14H2.